The molecule has 0 aliphatic carbocycles. The lowest BCUT2D eigenvalue weighted by Crippen LogP contribution is -2.10. The first kappa shape index (κ1) is 7.79. The molecule has 0 saturated carbocycles. The van der Waals surface area contributed by atoms with Crippen LogP contribution in [0.1, 0.15) is 22.8 Å². The van der Waals surface area contributed by atoms with Crippen molar-refractivity contribution in [2.45, 2.75) is 13.3 Å². The van der Waals surface area contributed by atoms with Crippen LogP contribution >= 0.6 is 0 Å². The number of amides is 1. The molecule has 0 aliphatic rings. The van der Waals surface area contributed by atoms with Crippen molar-refractivity contribution >= 4 is 5.91 Å². The van der Waals surface area contributed by atoms with Gasteiger partial charge in [-0.05, 0) is 24.1 Å². The van der Waals surface area contributed by atoms with Gasteiger partial charge in [0.1, 0.15) is 0 Å². The minimum atomic E-state index is -0.361. The topological polar surface area (TPSA) is 43.1 Å². The Balaban J connectivity index is 3.01. The van der Waals surface area contributed by atoms with E-state index >= 15 is 0 Å². The molecule has 0 spiro atoms. The van der Waals surface area contributed by atoms with Crippen LogP contribution in [-0.4, -0.2) is 5.91 Å². The van der Waals surface area contributed by atoms with Gasteiger partial charge in [0.05, 0.1) is 0 Å². The number of primary amides is 1. The number of rotatable bonds is 2. The Morgan fingerprint density at radius 2 is 2.27 bits per heavy atom. The predicted octanol–water partition coefficient (Wildman–Crippen LogP) is 1.35. The van der Waals surface area contributed by atoms with E-state index in [-0.39, 0.29) is 5.91 Å². The lowest BCUT2D eigenvalue weighted by Gasteiger charge is -1.97. The van der Waals surface area contributed by atoms with Gasteiger partial charge in [-0.25, -0.2) is 0 Å². The number of benzene rings is 1. The Labute approximate surface area is 66.0 Å². The first-order chi connectivity index (χ1) is 5.24. The van der Waals surface area contributed by atoms with Gasteiger partial charge in [0.25, 0.3) is 0 Å². The van der Waals surface area contributed by atoms with Crippen LogP contribution in [0.3, 0.4) is 0 Å². The van der Waals surface area contributed by atoms with Crippen LogP contribution in [-0.2, 0) is 6.42 Å². The van der Waals surface area contributed by atoms with Crippen molar-refractivity contribution in [3.8, 4) is 0 Å². The summed E-state index contributed by atoms with van der Waals surface area (Å²) in [6.45, 7) is 2.04. The SMILES string of the molecule is CCc1cccc(C(N)=O)c1. The maximum Gasteiger partial charge on any atom is 0.248 e. The number of aryl methyl sites for hydroxylation is 1. The third-order valence-corrected chi connectivity index (χ3v) is 1.62. The zero-order valence-corrected chi connectivity index (χ0v) is 6.50. The second-order valence-corrected chi connectivity index (χ2v) is 2.42. The van der Waals surface area contributed by atoms with Crippen LogP contribution < -0.4 is 5.73 Å². The van der Waals surface area contributed by atoms with Gasteiger partial charge in [0.2, 0.25) is 5.91 Å². The van der Waals surface area contributed by atoms with Crippen molar-refractivity contribution in [1.29, 1.82) is 0 Å². The maximum absolute atomic E-state index is 10.7. The van der Waals surface area contributed by atoms with Crippen molar-refractivity contribution in [3.63, 3.8) is 0 Å². The largest absolute Gasteiger partial charge is 0.366 e. The molecule has 2 heteroatoms. The standard InChI is InChI=1S/C9H11NO/c1-2-7-4-3-5-8(6-7)9(10)11/h3-6H,2H2,1H3,(H2,10,11). The van der Waals surface area contributed by atoms with Gasteiger partial charge in [-0.2, -0.15) is 0 Å². The molecular formula is C9H11NO. The van der Waals surface area contributed by atoms with Gasteiger partial charge >= 0.3 is 0 Å². The summed E-state index contributed by atoms with van der Waals surface area (Å²) in [6.07, 6.45) is 0.932. The lowest BCUT2D eigenvalue weighted by atomic mass is 10.1. The molecule has 0 saturated heterocycles. The zero-order chi connectivity index (χ0) is 8.27. The molecule has 0 unspecified atom stereocenters. The Hall–Kier alpha value is -1.31. The van der Waals surface area contributed by atoms with Gasteiger partial charge in [-0.15, -0.1) is 0 Å². The van der Waals surface area contributed by atoms with Crippen LogP contribution in [0.15, 0.2) is 24.3 Å². The zero-order valence-electron chi connectivity index (χ0n) is 6.50. The molecule has 0 fully saturated rings. The van der Waals surface area contributed by atoms with Gasteiger partial charge in [0, 0.05) is 5.56 Å². The van der Waals surface area contributed by atoms with E-state index in [2.05, 4.69) is 0 Å². The molecule has 1 amide bonds. The molecule has 0 aromatic heterocycles. The fourth-order valence-corrected chi connectivity index (χ4v) is 0.945. The highest BCUT2D eigenvalue weighted by Gasteiger charge is 1.98. The highest BCUT2D eigenvalue weighted by atomic mass is 16.1. The predicted molar refractivity (Wildman–Crippen MR) is 44.3 cm³/mol. The number of carbonyl (C=O) groups excluding carboxylic acids is 1. The minimum absolute atomic E-state index is 0.361. The first-order valence-electron chi connectivity index (χ1n) is 3.62. The molecule has 11 heavy (non-hydrogen) atoms. The second kappa shape index (κ2) is 3.19. The maximum atomic E-state index is 10.7. The normalized spacial score (nSPS) is 9.55. The van der Waals surface area contributed by atoms with Crippen LogP contribution in [0.25, 0.3) is 0 Å². The number of hydrogen-bond donors (Lipinski definition) is 1. The quantitative estimate of drug-likeness (QED) is 0.677. The Kier molecular flexibility index (Phi) is 2.26. The van der Waals surface area contributed by atoms with E-state index in [1.165, 1.54) is 0 Å². The van der Waals surface area contributed by atoms with Crippen molar-refractivity contribution in [2.75, 3.05) is 0 Å². The fourth-order valence-electron chi connectivity index (χ4n) is 0.945. The van der Waals surface area contributed by atoms with E-state index in [0.717, 1.165) is 12.0 Å². The molecule has 2 N–H and O–H groups in total. The van der Waals surface area contributed by atoms with E-state index in [1.807, 2.05) is 25.1 Å². The number of nitrogens with two attached hydrogens (primary N) is 1. The second-order valence-electron chi connectivity index (χ2n) is 2.42. The molecule has 0 atom stereocenters. The molecule has 0 radical (unpaired) electrons. The molecular weight excluding hydrogens is 138 g/mol. The fraction of sp³-hybridized carbons (Fsp3) is 0.222. The van der Waals surface area contributed by atoms with Crippen LogP contribution in [0, 0.1) is 0 Å². The average molecular weight is 149 g/mol. The summed E-state index contributed by atoms with van der Waals surface area (Å²) in [5, 5.41) is 0. The smallest absolute Gasteiger partial charge is 0.248 e. The average Bonchev–Trinajstić information content (AvgIpc) is 2.05. The van der Waals surface area contributed by atoms with Crippen molar-refractivity contribution < 1.29 is 4.79 Å². The van der Waals surface area contributed by atoms with Gasteiger partial charge in [-0.3, -0.25) is 4.79 Å². The molecule has 0 aliphatic heterocycles. The van der Waals surface area contributed by atoms with Gasteiger partial charge in [-0.1, -0.05) is 19.1 Å². The van der Waals surface area contributed by atoms with Crippen LogP contribution in [0.4, 0.5) is 0 Å². The first-order valence-corrected chi connectivity index (χ1v) is 3.62. The highest BCUT2D eigenvalue weighted by molar-refractivity contribution is 5.92. The van der Waals surface area contributed by atoms with Crippen molar-refractivity contribution in [3.05, 3.63) is 35.4 Å². The van der Waals surface area contributed by atoms with Gasteiger partial charge in [0.15, 0.2) is 0 Å². The summed E-state index contributed by atoms with van der Waals surface area (Å²) in [5.74, 6) is -0.361. The molecule has 0 heterocycles. The highest BCUT2D eigenvalue weighted by Crippen LogP contribution is 2.04. The van der Waals surface area contributed by atoms with Crippen LogP contribution in [0.2, 0.25) is 0 Å². The van der Waals surface area contributed by atoms with Crippen molar-refractivity contribution in [1.82, 2.24) is 0 Å². The molecule has 1 aromatic rings. The molecule has 1 rings (SSSR count). The van der Waals surface area contributed by atoms with E-state index < -0.39 is 0 Å². The third-order valence-electron chi connectivity index (χ3n) is 1.62. The van der Waals surface area contributed by atoms with E-state index in [1.54, 1.807) is 6.07 Å². The summed E-state index contributed by atoms with van der Waals surface area (Å²) < 4.78 is 0. The molecule has 58 valence electrons. The molecule has 1 aromatic carbocycles. The summed E-state index contributed by atoms with van der Waals surface area (Å²) in [4.78, 5) is 10.7. The van der Waals surface area contributed by atoms with Gasteiger partial charge < -0.3 is 5.73 Å². The monoisotopic (exact) mass is 149 g/mol. The molecule has 0 bridgehead atoms. The Morgan fingerprint density at radius 3 is 2.82 bits per heavy atom. The Bertz CT molecular complexity index is 268. The third kappa shape index (κ3) is 1.80. The summed E-state index contributed by atoms with van der Waals surface area (Å²) >= 11 is 0. The Morgan fingerprint density at radius 1 is 1.55 bits per heavy atom. The minimum Gasteiger partial charge on any atom is -0.366 e. The number of carbonyl (C=O) groups is 1. The lowest BCUT2D eigenvalue weighted by molar-refractivity contribution is 0.1000. The van der Waals surface area contributed by atoms with Crippen molar-refractivity contribution in [2.24, 2.45) is 5.73 Å². The number of hydrogen-bond acceptors (Lipinski definition) is 1. The van der Waals surface area contributed by atoms with E-state index in [4.69, 9.17) is 5.73 Å². The van der Waals surface area contributed by atoms with E-state index in [9.17, 15) is 4.79 Å². The molecule has 2 nitrogen and oxygen atoms in total. The summed E-state index contributed by atoms with van der Waals surface area (Å²) in [7, 11) is 0. The summed E-state index contributed by atoms with van der Waals surface area (Å²) in [5.41, 5.74) is 6.83. The van der Waals surface area contributed by atoms with Crippen LogP contribution in [0.5, 0.6) is 0 Å². The van der Waals surface area contributed by atoms with E-state index in [0.29, 0.717) is 5.56 Å². The summed E-state index contributed by atoms with van der Waals surface area (Å²) in [6, 6.07) is 7.37.